The Morgan fingerprint density at radius 2 is 2.06 bits per heavy atom. The summed E-state index contributed by atoms with van der Waals surface area (Å²) in [5.41, 5.74) is 1.05. The average Bonchev–Trinajstić information content (AvgIpc) is 2.33. The van der Waals surface area contributed by atoms with Gasteiger partial charge in [0.1, 0.15) is 0 Å². The van der Waals surface area contributed by atoms with Crippen LogP contribution >= 0.6 is 0 Å². The molecular weight excluding hydrogens is 218 g/mol. The molecule has 0 aliphatic carbocycles. The normalized spacial score (nSPS) is 9.71. The van der Waals surface area contributed by atoms with Crippen LogP contribution in [0.3, 0.4) is 0 Å². The molecule has 0 aliphatic heterocycles. The van der Waals surface area contributed by atoms with E-state index in [2.05, 4.69) is 15.6 Å². The maximum Gasteiger partial charge on any atom is 0.220 e. The lowest BCUT2D eigenvalue weighted by atomic mass is 10.1. The van der Waals surface area contributed by atoms with Crippen LogP contribution in [0.2, 0.25) is 0 Å². The first-order valence-electron chi connectivity index (χ1n) is 5.58. The number of aryl methyl sites for hydroxylation is 1. The van der Waals surface area contributed by atoms with E-state index in [9.17, 15) is 9.59 Å². The van der Waals surface area contributed by atoms with Crippen LogP contribution in [0.5, 0.6) is 0 Å². The van der Waals surface area contributed by atoms with E-state index in [0.717, 1.165) is 5.56 Å². The number of aromatic nitrogens is 1. The molecule has 92 valence electrons. The fourth-order valence-corrected chi connectivity index (χ4v) is 1.33. The van der Waals surface area contributed by atoms with Gasteiger partial charge in [0.25, 0.3) is 0 Å². The Balaban J connectivity index is 2.11. The van der Waals surface area contributed by atoms with E-state index in [-0.39, 0.29) is 11.8 Å². The highest BCUT2D eigenvalue weighted by Gasteiger charge is 2.01. The number of carbonyl (C=O) groups is 2. The molecule has 0 aliphatic rings. The predicted molar refractivity (Wildman–Crippen MR) is 64.3 cm³/mol. The Hall–Kier alpha value is -1.91. The molecule has 0 saturated heterocycles. The van der Waals surface area contributed by atoms with Crippen molar-refractivity contribution >= 4 is 11.8 Å². The summed E-state index contributed by atoms with van der Waals surface area (Å²) in [6, 6.07) is 3.79. The number of amides is 2. The minimum absolute atomic E-state index is 0.0146. The van der Waals surface area contributed by atoms with E-state index in [1.807, 2.05) is 12.1 Å². The lowest BCUT2D eigenvalue weighted by Crippen LogP contribution is -2.33. The summed E-state index contributed by atoms with van der Waals surface area (Å²) in [6.07, 6.45) is 4.58. The molecule has 1 aromatic heterocycles. The second kappa shape index (κ2) is 7.38. The summed E-state index contributed by atoms with van der Waals surface area (Å²) in [5, 5.41) is 5.35. The quantitative estimate of drug-likeness (QED) is 0.695. The number of hydrogen-bond acceptors (Lipinski definition) is 3. The fourth-order valence-electron chi connectivity index (χ4n) is 1.33. The molecule has 5 heteroatoms. The molecule has 0 aromatic carbocycles. The first-order valence-corrected chi connectivity index (χ1v) is 5.58. The third-order valence-corrected chi connectivity index (χ3v) is 2.18. The second-order valence-electron chi connectivity index (χ2n) is 3.69. The Labute approximate surface area is 101 Å². The van der Waals surface area contributed by atoms with Crippen molar-refractivity contribution in [1.29, 1.82) is 0 Å². The van der Waals surface area contributed by atoms with Gasteiger partial charge >= 0.3 is 0 Å². The van der Waals surface area contributed by atoms with Gasteiger partial charge in [0.05, 0.1) is 0 Å². The van der Waals surface area contributed by atoms with Crippen LogP contribution < -0.4 is 10.6 Å². The first kappa shape index (κ1) is 13.2. The van der Waals surface area contributed by atoms with Crippen LogP contribution in [0.15, 0.2) is 24.5 Å². The number of rotatable bonds is 6. The van der Waals surface area contributed by atoms with Crippen LogP contribution in [0.1, 0.15) is 18.9 Å². The summed E-state index contributed by atoms with van der Waals surface area (Å²) >= 11 is 0. The van der Waals surface area contributed by atoms with Crippen LogP contribution in [-0.2, 0) is 16.0 Å². The Morgan fingerprint density at radius 1 is 1.29 bits per heavy atom. The largest absolute Gasteiger partial charge is 0.355 e. The highest BCUT2D eigenvalue weighted by molar-refractivity contribution is 5.76. The summed E-state index contributed by atoms with van der Waals surface area (Å²) in [4.78, 5) is 26.0. The van der Waals surface area contributed by atoms with E-state index in [0.29, 0.717) is 25.9 Å². The lowest BCUT2D eigenvalue weighted by molar-refractivity contribution is -0.122. The minimum atomic E-state index is -0.0883. The van der Waals surface area contributed by atoms with E-state index in [1.165, 1.54) is 6.92 Å². The summed E-state index contributed by atoms with van der Waals surface area (Å²) in [5.74, 6) is -0.103. The summed E-state index contributed by atoms with van der Waals surface area (Å²) in [6.45, 7) is 2.38. The highest BCUT2D eigenvalue weighted by atomic mass is 16.2. The Morgan fingerprint density at radius 3 is 2.71 bits per heavy atom. The molecule has 2 amide bonds. The number of nitrogens with one attached hydrogen (secondary N) is 2. The SMILES string of the molecule is CC(=O)NCCNC(=O)CCc1cccnc1. The molecule has 2 N–H and O–H groups in total. The molecule has 0 radical (unpaired) electrons. The van der Waals surface area contributed by atoms with Crippen molar-refractivity contribution < 1.29 is 9.59 Å². The highest BCUT2D eigenvalue weighted by Crippen LogP contribution is 1.99. The first-order chi connectivity index (χ1) is 8.18. The van der Waals surface area contributed by atoms with Crippen molar-refractivity contribution in [2.24, 2.45) is 0 Å². The Bertz CT molecular complexity index is 365. The zero-order valence-electron chi connectivity index (χ0n) is 9.90. The third kappa shape index (κ3) is 6.29. The smallest absolute Gasteiger partial charge is 0.220 e. The van der Waals surface area contributed by atoms with Gasteiger partial charge < -0.3 is 10.6 Å². The van der Waals surface area contributed by atoms with Gasteiger partial charge in [0, 0.05) is 38.8 Å². The summed E-state index contributed by atoms with van der Waals surface area (Å²) in [7, 11) is 0. The molecule has 1 rings (SSSR count). The van der Waals surface area contributed by atoms with Gasteiger partial charge in [-0.3, -0.25) is 14.6 Å². The number of hydrogen-bond donors (Lipinski definition) is 2. The van der Waals surface area contributed by atoms with E-state index >= 15 is 0 Å². The molecule has 17 heavy (non-hydrogen) atoms. The van der Waals surface area contributed by atoms with Crippen LogP contribution in [0.25, 0.3) is 0 Å². The average molecular weight is 235 g/mol. The van der Waals surface area contributed by atoms with E-state index < -0.39 is 0 Å². The molecule has 1 heterocycles. The monoisotopic (exact) mass is 235 g/mol. The van der Waals surface area contributed by atoms with Crippen molar-refractivity contribution in [3.63, 3.8) is 0 Å². The molecule has 0 unspecified atom stereocenters. The zero-order chi connectivity index (χ0) is 12.5. The van der Waals surface area contributed by atoms with Crippen molar-refractivity contribution in [1.82, 2.24) is 15.6 Å². The van der Waals surface area contributed by atoms with Gasteiger partial charge in [-0.25, -0.2) is 0 Å². The third-order valence-electron chi connectivity index (χ3n) is 2.18. The van der Waals surface area contributed by atoms with Gasteiger partial charge in [0.2, 0.25) is 11.8 Å². The molecule has 5 nitrogen and oxygen atoms in total. The molecule has 1 aromatic rings. The van der Waals surface area contributed by atoms with Crippen LogP contribution in [0, 0.1) is 0 Å². The number of pyridine rings is 1. The van der Waals surface area contributed by atoms with Gasteiger partial charge in [-0.05, 0) is 18.1 Å². The van der Waals surface area contributed by atoms with Crippen molar-refractivity contribution in [3.8, 4) is 0 Å². The number of nitrogens with zero attached hydrogens (tertiary/aromatic N) is 1. The predicted octanol–water partition coefficient (Wildman–Crippen LogP) is 0.266. The topological polar surface area (TPSA) is 71.1 Å². The Kier molecular flexibility index (Phi) is 5.71. The maximum atomic E-state index is 11.4. The van der Waals surface area contributed by atoms with Crippen LogP contribution in [-0.4, -0.2) is 29.9 Å². The van der Waals surface area contributed by atoms with Crippen molar-refractivity contribution in [2.45, 2.75) is 19.8 Å². The minimum Gasteiger partial charge on any atom is -0.355 e. The van der Waals surface area contributed by atoms with E-state index in [4.69, 9.17) is 0 Å². The molecule has 0 saturated carbocycles. The van der Waals surface area contributed by atoms with E-state index in [1.54, 1.807) is 12.4 Å². The fraction of sp³-hybridized carbons (Fsp3) is 0.417. The van der Waals surface area contributed by atoms with Crippen molar-refractivity contribution in [2.75, 3.05) is 13.1 Å². The standard InChI is InChI=1S/C12H17N3O2/c1-10(16)14-7-8-15-12(17)5-4-11-3-2-6-13-9-11/h2-3,6,9H,4-5,7-8H2,1H3,(H,14,16)(H,15,17). The number of carbonyl (C=O) groups excluding carboxylic acids is 2. The van der Waals surface area contributed by atoms with Crippen molar-refractivity contribution in [3.05, 3.63) is 30.1 Å². The van der Waals surface area contributed by atoms with Gasteiger partial charge in [-0.1, -0.05) is 6.07 Å². The molecular formula is C12H17N3O2. The van der Waals surface area contributed by atoms with Gasteiger partial charge in [0.15, 0.2) is 0 Å². The maximum absolute atomic E-state index is 11.4. The van der Waals surface area contributed by atoms with Gasteiger partial charge in [-0.2, -0.15) is 0 Å². The van der Waals surface area contributed by atoms with Gasteiger partial charge in [-0.15, -0.1) is 0 Å². The molecule has 0 atom stereocenters. The van der Waals surface area contributed by atoms with Crippen LogP contribution in [0.4, 0.5) is 0 Å². The summed E-state index contributed by atoms with van der Waals surface area (Å²) < 4.78 is 0. The lowest BCUT2D eigenvalue weighted by Gasteiger charge is -2.05. The molecule has 0 bridgehead atoms. The molecule has 0 spiro atoms. The zero-order valence-corrected chi connectivity index (χ0v) is 9.90. The second-order valence-corrected chi connectivity index (χ2v) is 3.69. The molecule has 0 fully saturated rings.